The molecule has 5 rings (SSSR count). The standard InChI is InChI=1S/C33H34Cl2N8O4/c1-20(21-10-8-11-23(16-21)38-27(44)13-9-15-41(2)3)43-31-22(18-37-32(40-31)39-26-12-6-7-14-36-26)19-42(33(43)45)30-28(34)24(46-4)17-25(47-5)29(30)35/h6-14,16-18,20H,15,19H2,1-5H3,(H,38,44)(H,36,37,39,40)/b13-9+. The Balaban J connectivity index is 1.57. The second kappa shape index (κ2) is 14.7. The fourth-order valence-electron chi connectivity index (χ4n) is 5.00. The van der Waals surface area contributed by atoms with E-state index in [-0.39, 0.29) is 45.6 Å². The Bertz CT molecular complexity index is 1780. The quantitative estimate of drug-likeness (QED) is 0.167. The van der Waals surface area contributed by atoms with Gasteiger partial charge in [-0.15, -0.1) is 0 Å². The normalized spacial score (nSPS) is 13.5. The highest BCUT2D eigenvalue weighted by atomic mass is 35.5. The number of ether oxygens (including phenoxy) is 2. The van der Waals surface area contributed by atoms with Gasteiger partial charge in [0.2, 0.25) is 11.9 Å². The number of methoxy groups -OCH3 is 2. The minimum atomic E-state index is -0.576. The molecule has 47 heavy (non-hydrogen) atoms. The summed E-state index contributed by atoms with van der Waals surface area (Å²) in [6, 6.07) is 13.2. The van der Waals surface area contributed by atoms with E-state index in [9.17, 15) is 9.59 Å². The third kappa shape index (κ3) is 7.40. The lowest BCUT2D eigenvalue weighted by Gasteiger charge is -2.40. The van der Waals surface area contributed by atoms with Gasteiger partial charge in [0, 0.05) is 42.3 Å². The van der Waals surface area contributed by atoms with Gasteiger partial charge >= 0.3 is 6.03 Å². The summed E-state index contributed by atoms with van der Waals surface area (Å²) in [6.45, 7) is 2.56. The average Bonchev–Trinajstić information content (AvgIpc) is 3.05. The molecular formula is C33H34Cl2N8O4. The number of pyridine rings is 1. The zero-order chi connectivity index (χ0) is 33.7. The van der Waals surface area contributed by atoms with Crippen LogP contribution in [-0.2, 0) is 11.3 Å². The molecule has 0 radical (unpaired) electrons. The van der Waals surface area contributed by atoms with Crippen molar-refractivity contribution in [3.8, 4) is 11.5 Å². The number of likely N-dealkylation sites (N-methyl/N-ethyl adjacent to an activating group) is 1. The Morgan fingerprint density at radius 1 is 1.06 bits per heavy atom. The Labute approximate surface area is 282 Å². The SMILES string of the molecule is COc1cc(OC)c(Cl)c(N2Cc3cnc(Nc4ccccn4)nc3N(C(C)c3cccc(NC(=O)/C=C/CN(C)C)c3)C2=O)c1Cl. The molecule has 244 valence electrons. The fraction of sp³-hybridized carbons (Fsp3) is 0.242. The van der Waals surface area contributed by atoms with Gasteiger partial charge in [-0.05, 0) is 50.8 Å². The molecule has 2 aromatic carbocycles. The largest absolute Gasteiger partial charge is 0.495 e. The van der Waals surface area contributed by atoms with E-state index in [1.807, 2.05) is 50.2 Å². The summed E-state index contributed by atoms with van der Waals surface area (Å²) in [4.78, 5) is 45.7. The van der Waals surface area contributed by atoms with Crippen molar-refractivity contribution in [3.05, 3.63) is 94.2 Å². The van der Waals surface area contributed by atoms with Gasteiger partial charge in [-0.3, -0.25) is 14.6 Å². The van der Waals surface area contributed by atoms with Crippen LogP contribution in [-0.4, -0.2) is 66.6 Å². The second-order valence-electron chi connectivity index (χ2n) is 10.8. The smallest absolute Gasteiger partial charge is 0.331 e. The highest BCUT2D eigenvalue weighted by Gasteiger charge is 2.39. The van der Waals surface area contributed by atoms with Crippen LogP contribution in [0.3, 0.4) is 0 Å². The van der Waals surface area contributed by atoms with Crippen LogP contribution in [0.25, 0.3) is 0 Å². The first-order valence-electron chi connectivity index (χ1n) is 14.6. The highest BCUT2D eigenvalue weighted by Crippen LogP contribution is 2.48. The lowest BCUT2D eigenvalue weighted by molar-refractivity contribution is -0.111. The molecule has 1 aliphatic heterocycles. The summed E-state index contributed by atoms with van der Waals surface area (Å²) in [5, 5.41) is 6.27. The number of halogens is 2. The molecule has 0 spiro atoms. The first kappa shape index (κ1) is 33.5. The van der Waals surface area contributed by atoms with Gasteiger partial charge in [-0.1, -0.05) is 47.5 Å². The van der Waals surface area contributed by atoms with Crippen molar-refractivity contribution in [2.45, 2.75) is 19.5 Å². The zero-order valence-electron chi connectivity index (χ0n) is 26.5. The van der Waals surface area contributed by atoms with Crippen LogP contribution in [0.4, 0.5) is 33.8 Å². The Hall–Kier alpha value is -4.91. The molecule has 3 amide bonds. The predicted octanol–water partition coefficient (Wildman–Crippen LogP) is 6.70. The third-order valence-corrected chi connectivity index (χ3v) is 8.05. The minimum Gasteiger partial charge on any atom is -0.495 e. The molecule has 0 saturated heterocycles. The van der Waals surface area contributed by atoms with E-state index < -0.39 is 12.1 Å². The average molecular weight is 678 g/mol. The molecule has 4 aromatic rings. The molecular weight excluding hydrogens is 643 g/mol. The molecule has 14 heteroatoms. The number of benzene rings is 2. The van der Waals surface area contributed by atoms with E-state index in [1.165, 1.54) is 25.2 Å². The maximum absolute atomic E-state index is 14.6. The topological polar surface area (TPSA) is 125 Å². The lowest BCUT2D eigenvalue weighted by Crippen LogP contribution is -2.49. The molecule has 1 atom stereocenters. The molecule has 1 unspecified atom stereocenters. The van der Waals surface area contributed by atoms with Gasteiger partial charge in [0.15, 0.2) is 0 Å². The number of fused-ring (bicyclic) bond motifs is 1. The fourth-order valence-corrected chi connectivity index (χ4v) is 5.71. The molecule has 2 aromatic heterocycles. The number of nitrogens with one attached hydrogen (secondary N) is 2. The summed E-state index contributed by atoms with van der Waals surface area (Å²) in [5.41, 5.74) is 2.16. The predicted molar refractivity (Wildman–Crippen MR) is 184 cm³/mol. The van der Waals surface area contributed by atoms with Crippen LogP contribution < -0.4 is 29.9 Å². The summed E-state index contributed by atoms with van der Waals surface area (Å²) >= 11 is 13.6. The lowest BCUT2D eigenvalue weighted by atomic mass is 10.0. The monoisotopic (exact) mass is 676 g/mol. The van der Waals surface area contributed by atoms with Crippen LogP contribution >= 0.6 is 23.2 Å². The molecule has 1 aliphatic rings. The number of nitrogens with zero attached hydrogens (tertiary/aromatic N) is 6. The Morgan fingerprint density at radius 2 is 1.81 bits per heavy atom. The molecule has 0 aliphatic carbocycles. The van der Waals surface area contributed by atoms with Crippen molar-refractivity contribution >= 4 is 64.1 Å². The first-order valence-corrected chi connectivity index (χ1v) is 15.3. The number of carbonyl (C=O) groups excluding carboxylic acids is 2. The summed E-state index contributed by atoms with van der Waals surface area (Å²) in [5.74, 6) is 1.49. The zero-order valence-corrected chi connectivity index (χ0v) is 28.0. The minimum absolute atomic E-state index is 0.0619. The van der Waals surface area contributed by atoms with E-state index in [0.717, 1.165) is 5.56 Å². The summed E-state index contributed by atoms with van der Waals surface area (Å²) in [7, 11) is 6.77. The van der Waals surface area contributed by atoms with Gasteiger partial charge in [0.05, 0.1) is 32.5 Å². The third-order valence-electron chi connectivity index (χ3n) is 7.32. The van der Waals surface area contributed by atoms with Crippen molar-refractivity contribution < 1.29 is 19.1 Å². The molecule has 0 fully saturated rings. The number of aromatic nitrogens is 3. The van der Waals surface area contributed by atoms with Crippen LogP contribution in [0.15, 0.2) is 73.1 Å². The van der Waals surface area contributed by atoms with Crippen molar-refractivity contribution in [2.75, 3.05) is 55.3 Å². The van der Waals surface area contributed by atoms with Crippen LogP contribution in [0.2, 0.25) is 10.0 Å². The maximum Gasteiger partial charge on any atom is 0.331 e. The van der Waals surface area contributed by atoms with Crippen LogP contribution in [0, 0.1) is 0 Å². The number of rotatable bonds is 11. The number of amides is 3. The Morgan fingerprint density at radius 3 is 2.47 bits per heavy atom. The van der Waals surface area contributed by atoms with E-state index in [1.54, 1.807) is 47.6 Å². The second-order valence-corrected chi connectivity index (χ2v) is 11.6. The number of urea groups is 1. The van der Waals surface area contributed by atoms with Gasteiger partial charge < -0.3 is 25.0 Å². The molecule has 0 saturated carbocycles. The van der Waals surface area contributed by atoms with Gasteiger partial charge in [0.1, 0.15) is 33.2 Å². The number of carbonyl (C=O) groups is 2. The van der Waals surface area contributed by atoms with Crippen molar-refractivity contribution in [1.29, 1.82) is 0 Å². The summed E-state index contributed by atoms with van der Waals surface area (Å²) < 4.78 is 10.9. The highest BCUT2D eigenvalue weighted by molar-refractivity contribution is 6.42. The van der Waals surface area contributed by atoms with Crippen molar-refractivity contribution in [2.24, 2.45) is 0 Å². The Kier molecular flexibility index (Phi) is 10.4. The van der Waals surface area contributed by atoms with E-state index >= 15 is 0 Å². The maximum atomic E-state index is 14.6. The first-order chi connectivity index (χ1) is 22.6. The summed E-state index contributed by atoms with van der Waals surface area (Å²) in [6.07, 6.45) is 6.56. The molecule has 12 nitrogen and oxygen atoms in total. The van der Waals surface area contributed by atoms with Gasteiger partial charge in [-0.25, -0.2) is 14.8 Å². The van der Waals surface area contributed by atoms with Gasteiger partial charge in [-0.2, -0.15) is 4.98 Å². The van der Waals surface area contributed by atoms with Crippen molar-refractivity contribution in [1.82, 2.24) is 19.9 Å². The van der Waals surface area contributed by atoms with Crippen LogP contribution in [0.5, 0.6) is 11.5 Å². The number of hydrogen-bond acceptors (Lipinski definition) is 9. The van der Waals surface area contributed by atoms with E-state index in [0.29, 0.717) is 29.4 Å². The van der Waals surface area contributed by atoms with E-state index in [4.69, 9.17) is 37.7 Å². The number of hydrogen-bond donors (Lipinski definition) is 2. The molecule has 2 N–H and O–H groups in total. The van der Waals surface area contributed by atoms with Crippen LogP contribution in [0.1, 0.15) is 24.1 Å². The van der Waals surface area contributed by atoms with Gasteiger partial charge in [0.25, 0.3) is 0 Å². The molecule has 0 bridgehead atoms. The van der Waals surface area contributed by atoms with E-state index in [2.05, 4.69) is 20.6 Å². The van der Waals surface area contributed by atoms with Crippen molar-refractivity contribution in [3.63, 3.8) is 0 Å². The molecule has 3 heterocycles. The number of anilines is 5.